The van der Waals surface area contributed by atoms with E-state index < -0.39 is 22.8 Å². The van der Waals surface area contributed by atoms with Crippen LogP contribution in [0.1, 0.15) is 49.4 Å². The van der Waals surface area contributed by atoms with Crippen molar-refractivity contribution < 1.29 is 33.5 Å². The van der Waals surface area contributed by atoms with Crippen LogP contribution in [0, 0.1) is 17.0 Å². The summed E-state index contributed by atoms with van der Waals surface area (Å²) in [7, 11) is 1.22. The number of carbonyl (C=O) groups excluding carboxylic acids is 3. The Kier molecular flexibility index (Phi) is 8.15. The third-order valence-electron chi connectivity index (χ3n) is 4.67. The predicted molar refractivity (Wildman–Crippen MR) is 125 cm³/mol. The van der Waals surface area contributed by atoms with Gasteiger partial charge in [0, 0.05) is 12.3 Å². The number of carbonyl (C=O) groups is 3. The quantitative estimate of drug-likeness (QED) is 0.248. The number of para-hydroxylation sites is 2. The number of anilines is 1. The fourth-order valence-corrected chi connectivity index (χ4v) is 4.10. The molecule has 2 aromatic heterocycles. The molecule has 0 aliphatic heterocycles. The fraction of sp³-hybridized carbons (Fsp3) is 0.273. The van der Waals surface area contributed by atoms with Gasteiger partial charge in [0.25, 0.3) is 5.91 Å². The lowest BCUT2D eigenvalue weighted by molar-refractivity contribution is -0.386. The fourth-order valence-electron chi connectivity index (χ4n) is 2.99. The first-order chi connectivity index (χ1) is 16.8. The van der Waals surface area contributed by atoms with Gasteiger partial charge < -0.3 is 19.5 Å². The van der Waals surface area contributed by atoms with E-state index in [-0.39, 0.29) is 45.9 Å². The molecule has 1 aromatic carbocycles. The number of aromatic nitrogens is 2. The number of nitrogens with zero attached hydrogens (tertiary/aromatic N) is 3. The summed E-state index contributed by atoms with van der Waals surface area (Å²) in [6.45, 7) is 3.40. The van der Waals surface area contributed by atoms with Crippen LogP contribution in [0.25, 0.3) is 0 Å². The number of methoxy groups -OCH3 is 1. The normalized spacial score (nSPS) is 10.5. The highest BCUT2D eigenvalue weighted by Crippen LogP contribution is 2.34. The number of amides is 1. The van der Waals surface area contributed by atoms with Crippen molar-refractivity contribution in [2.75, 3.05) is 19.0 Å². The highest BCUT2D eigenvalue weighted by molar-refractivity contribution is 7.18. The maximum Gasteiger partial charge on any atom is 0.348 e. The van der Waals surface area contributed by atoms with Gasteiger partial charge in [-0.25, -0.2) is 14.3 Å². The molecule has 35 heavy (non-hydrogen) atoms. The Morgan fingerprint density at radius 3 is 2.63 bits per heavy atom. The van der Waals surface area contributed by atoms with Crippen LogP contribution in [0.2, 0.25) is 0 Å². The molecule has 3 rings (SSSR count). The van der Waals surface area contributed by atoms with Gasteiger partial charge in [0.2, 0.25) is 0 Å². The number of hydrogen-bond acceptors (Lipinski definition) is 10. The van der Waals surface area contributed by atoms with Crippen molar-refractivity contribution >= 4 is 39.9 Å². The number of esters is 2. The first-order valence-electron chi connectivity index (χ1n) is 10.4. The standard InChI is InChI=1S/C22H22N4O8S/c1-4-11-33-21(28)17-13(2)18(22(29)32-3)35-20(17)23-19(27)14-9-10-25(24-14)12-34-16-8-6-5-7-15(16)26(30)31/h5-10H,4,11-12H2,1-3H3,(H,23,27). The van der Waals surface area contributed by atoms with Crippen LogP contribution in [0.3, 0.4) is 0 Å². The molecule has 184 valence electrons. The first-order valence-corrected chi connectivity index (χ1v) is 11.2. The van der Waals surface area contributed by atoms with E-state index in [1.54, 1.807) is 13.0 Å². The lowest BCUT2D eigenvalue weighted by Crippen LogP contribution is -2.16. The van der Waals surface area contributed by atoms with Gasteiger partial charge in [0.1, 0.15) is 9.88 Å². The van der Waals surface area contributed by atoms with Gasteiger partial charge in [0.15, 0.2) is 18.2 Å². The summed E-state index contributed by atoms with van der Waals surface area (Å²) >= 11 is 0.892. The van der Waals surface area contributed by atoms with E-state index in [1.807, 2.05) is 6.92 Å². The Hall–Kier alpha value is -4.26. The third-order valence-corrected chi connectivity index (χ3v) is 5.86. The topological polar surface area (TPSA) is 152 Å². The van der Waals surface area contributed by atoms with E-state index in [1.165, 1.54) is 42.3 Å². The number of rotatable bonds is 10. The van der Waals surface area contributed by atoms with Crippen LogP contribution >= 0.6 is 11.3 Å². The van der Waals surface area contributed by atoms with E-state index in [0.29, 0.717) is 12.0 Å². The number of hydrogen-bond donors (Lipinski definition) is 1. The number of nitrogens with one attached hydrogen (secondary N) is 1. The minimum absolute atomic E-state index is 0.00490. The smallest absolute Gasteiger partial charge is 0.348 e. The van der Waals surface area contributed by atoms with Crippen molar-refractivity contribution in [2.24, 2.45) is 0 Å². The molecule has 0 unspecified atom stereocenters. The molecule has 1 amide bonds. The van der Waals surface area contributed by atoms with E-state index in [2.05, 4.69) is 10.4 Å². The second-order valence-electron chi connectivity index (χ2n) is 7.08. The minimum Gasteiger partial charge on any atom is -0.465 e. The van der Waals surface area contributed by atoms with Crippen molar-refractivity contribution in [3.05, 3.63) is 68.3 Å². The van der Waals surface area contributed by atoms with E-state index in [4.69, 9.17) is 14.2 Å². The molecule has 0 atom stereocenters. The van der Waals surface area contributed by atoms with Crippen molar-refractivity contribution in [1.82, 2.24) is 9.78 Å². The van der Waals surface area contributed by atoms with Crippen molar-refractivity contribution in [2.45, 2.75) is 27.0 Å². The zero-order chi connectivity index (χ0) is 25.5. The summed E-state index contributed by atoms with van der Waals surface area (Å²) in [4.78, 5) is 48.2. The number of ether oxygens (including phenoxy) is 3. The molecular formula is C22H22N4O8S. The molecule has 13 heteroatoms. The molecular weight excluding hydrogens is 480 g/mol. The maximum atomic E-state index is 12.8. The summed E-state index contributed by atoms with van der Waals surface area (Å²) in [5, 5.41) is 17.9. The van der Waals surface area contributed by atoms with Gasteiger partial charge in [-0.15, -0.1) is 11.3 Å². The molecule has 1 N–H and O–H groups in total. The van der Waals surface area contributed by atoms with E-state index in [9.17, 15) is 24.5 Å². The number of nitro groups is 1. The van der Waals surface area contributed by atoms with Gasteiger partial charge in [-0.1, -0.05) is 19.1 Å². The molecule has 0 bridgehead atoms. The zero-order valence-corrected chi connectivity index (χ0v) is 19.9. The molecule has 0 saturated heterocycles. The highest BCUT2D eigenvalue weighted by Gasteiger charge is 2.27. The Balaban J connectivity index is 1.77. The second-order valence-corrected chi connectivity index (χ2v) is 8.10. The second kappa shape index (κ2) is 11.2. The summed E-state index contributed by atoms with van der Waals surface area (Å²) in [6, 6.07) is 7.29. The first kappa shape index (κ1) is 25.4. The van der Waals surface area contributed by atoms with Crippen molar-refractivity contribution in [3.63, 3.8) is 0 Å². The van der Waals surface area contributed by atoms with Gasteiger partial charge in [-0.3, -0.25) is 14.9 Å². The average Bonchev–Trinajstić information content (AvgIpc) is 3.45. The van der Waals surface area contributed by atoms with Crippen LogP contribution in [0.15, 0.2) is 36.5 Å². The van der Waals surface area contributed by atoms with Gasteiger partial charge >= 0.3 is 17.6 Å². The lowest BCUT2D eigenvalue weighted by Gasteiger charge is -2.07. The number of benzene rings is 1. The Labute approximate surface area is 203 Å². The molecule has 0 saturated carbocycles. The third kappa shape index (κ3) is 5.81. The highest BCUT2D eigenvalue weighted by atomic mass is 32.1. The number of nitro benzene ring substituents is 1. The molecule has 12 nitrogen and oxygen atoms in total. The van der Waals surface area contributed by atoms with Crippen LogP contribution in [-0.4, -0.2) is 46.3 Å². The maximum absolute atomic E-state index is 12.8. The Morgan fingerprint density at radius 1 is 1.20 bits per heavy atom. The van der Waals surface area contributed by atoms with Crippen molar-refractivity contribution in [1.29, 1.82) is 0 Å². The lowest BCUT2D eigenvalue weighted by atomic mass is 10.1. The molecule has 0 fully saturated rings. The van der Waals surface area contributed by atoms with Gasteiger partial charge in [0.05, 0.1) is 24.2 Å². The predicted octanol–water partition coefficient (Wildman–Crippen LogP) is 3.80. The Morgan fingerprint density at radius 2 is 1.94 bits per heavy atom. The largest absolute Gasteiger partial charge is 0.465 e. The average molecular weight is 503 g/mol. The van der Waals surface area contributed by atoms with Crippen LogP contribution in [0.5, 0.6) is 5.75 Å². The minimum atomic E-state index is -0.672. The van der Waals surface area contributed by atoms with Gasteiger partial charge in [-0.05, 0) is 31.0 Å². The van der Waals surface area contributed by atoms with Crippen LogP contribution in [-0.2, 0) is 16.2 Å². The molecule has 0 radical (unpaired) electrons. The van der Waals surface area contributed by atoms with E-state index in [0.717, 1.165) is 11.3 Å². The van der Waals surface area contributed by atoms with Crippen LogP contribution < -0.4 is 10.1 Å². The summed E-state index contributed by atoms with van der Waals surface area (Å²) in [6.07, 6.45) is 2.06. The molecule has 0 aliphatic carbocycles. The molecule has 0 spiro atoms. The van der Waals surface area contributed by atoms with Gasteiger partial charge in [-0.2, -0.15) is 5.10 Å². The SMILES string of the molecule is CCCOC(=O)c1c(NC(=O)c2ccn(COc3ccccc3[N+](=O)[O-])n2)sc(C(=O)OC)c1C. The van der Waals surface area contributed by atoms with Crippen LogP contribution in [0.4, 0.5) is 10.7 Å². The van der Waals surface area contributed by atoms with E-state index >= 15 is 0 Å². The zero-order valence-electron chi connectivity index (χ0n) is 19.1. The summed E-state index contributed by atoms with van der Waals surface area (Å²) < 4.78 is 16.7. The number of thiophene rings is 1. The Bertz CT molecular complexity index is 1270. The molecule has 0 aliphatic rings. The summed E-state index contributed by atoms with van der Waals surface area (Å²) in [5.41, 5.74) is 0.197. The summed E-state index contributed by atoms with van der Waals surface area (Å²) in [5.74, 6) is -1.90. The van der Waals surface area contributed by atoms with Crippen molar-refractivity contribution in [3.8, 4) is 5.75 Å². The molecule has 3 aromatic rings. The monoisotopic (exact) mass is 502 g/mol. The molecule has 2 heterocycles.